The van der Waals surface area contributed by atoms with Crippen molar-refractivity contribution in [2.24, 2.45) is 0 Å². The van der Waals surface area contributed by atoms with Gasteiger partial charge >= 0.3 is 0 Å². The molecule has 1 unspecified atom stereocenters. The Bertz CT molecular complexity index is 966. The molecule has 1 saturated heterocycles. The van der Waals surface area contributed by atoms with E-state index in [9.17, 15) is 4.79 Å². The zero-order chi connectivity index (χ0) is 20.2. The van der Waals surface area contributed by atoms with Gasteiger partial charge in [-0.15, -0.1) is 0 Å². The number of imidazole rings is 1. The van der Waals surface area contributed by atoms with Gasteiger partial charge in [0.25, 0.3) is 5.91 Å². The molecule has 1 aromatic carbocycles. The first-order valence-corrected chi connectivity index (χ1v) is 9.69. The van der Waals surface area contributed by atoms with Gasteiger partial charge in [0.15, 0.2) is 6.10 Å². The number of rotatable bonds is 5. The summed E-state index contributed by atoms with van der Waals surface area (Å²) in [6.45, 7) is 6.42. The van der Waals surface area contributed by atoms with Crippen LogP contribution in [-0.4, -0.2) is 62.6 Å². The van der Waals surface area contributed by atoms with Gasteiger partial charge in [-0.05, 0) is 26.0 Å². The number of ether oxygens (including phenoxy) is 1. The fraction of sp³-hybridized carbons (Fsp3) is 0.333. The summed E-state index contributed by atoms with van der Waals surface area (Å²) >= 11 is 0. The second-order valence-corrected chi connectivity index (χ2v) is 6.96. The summed E-state index contributed by atoms with van der Waals surface area (Å²) in [5, 5.41) is 0. The molecule has 0 saturated carbocycles. The summed E-state index contributed by atoms with van der Waals surface area (Å²) in [6, 6.07) is 11.4. The summed E-state index contributed by atoms with van der Waals surface area (Å²) in [5.41, 5.74) is 0. The number of para-hydroxylation sites is 1. The van der Waals surface area contributed by atoms with Crippen LogP contribution in [0.5, 0.6) is 5.75 Å². The fourth-order valence-electron chi connectivity index (χ4n) is 3.43. The largest absolute Gasteiger partial charge is 0.481 e. The maximum Gasteiger partial charge on any atom is 0.263 e. The van der Waals surface area contributed by atoms with Crippen LogP contribution in [0, 0.1) is 6.92 Å². The summed E-state index contributed by atoms with van der Waals surface area (Å²) in [7, 11) is 0. The SMILES string of the molecule is Cc1nccn1-c1cc(N2CCN(C(=O)C(C)Oc3ccccc3)CC2)ncn1. The molecule has 0 spiro atoms. The maximum absolute atomic E-state index is 12.7. The molecule has 2 aromatic heterocycles. The number of piperazine rings is 1. The lowest BCUT2D eigenvalue weighted by Gasteiger charge is -2.36. The van der Waals surface area contributed by atoms with Crippen molar-refractivity contribution in [1.82, 2.24) is 24.4 Å². The Morgan fingerprint density at radius 1 is 1.03 bits per heavy atom. The molecule has 1 amide bonds. The molecule has 3 heterocycles. The third-order valence-corrected chi connectivity index (χ3v) is 5.03. The van der Waals surface area contributed by atoms with Gasteiger partial charge in [0.1, 0.15) is 29.5 Å². The van der Waals surface area contributed by atoms with Crippen LogP contribution in [0.1, 0.15) is 12.7 Å². The minimum absolute atomic E-state index is 0.00548. The smallest absolute Gasteiger partial charge is 0.263 e. The lowest BCUT2D eigenvalue weighted by molar-refractivity contribution is -0.138. The molecular formula is C21H24N6O2. The average molecular weight is 392 g/mol. The maximum atomic E-state index is 12.7. The van der Waals surface area contributed by atoms with Crippen LogP contribution in [0.15, 0.2) is 55.1 Å². The highest BCUT2D eigenvalue weighted by molar-refractivity contribution is 5.81. The van der Waals surface area contributed by atoms with Gasteiger partial charge in [-0.25, -0.2) is 15.0 Å². The van der Waals surface area contributed by atoms with E-state index >= 15 is 0 Å². The standard InChI is InChI=1S/C21H24N6O2/c1-16(29-18-6-4-3-5-7-18)21(28)26-12-10-25(11-13-26)19-14-20(24-15-23-19)27-9-8-22-17(27)2/h3-9,14-16H,10-13H2,1-2H3. The Morgan fingerprint density at radius 3 is 2.45 bits per heavy atom. The molecule has 8 heteroatoms. The summed E-state index contributed by atoms with van der Waals surface area (Å²) in [5.74, 6) is 3.22. The minimum Gasteiger partial charge on any atom is -0.481 e. The van der Waals surface area contributed by atoms with Crippen molar-refractivity contribution in [1.29, 1.82) is 0 Å². The molecule has 8 nitrogen and oxygen atoms in total. The topological polar surface area (TPSA) is 76.4 Å². The number of hydrogen-bond donors (Lipinski definition) is 0. The summed E-state index contributed by atoms with van der Waals surface area (Å²) in [4.78, 5) is 29.8. The average Bonchev–Trinajstić information content (AvgIpc) is 3.20. The van der Waals surface area contributed by atoms with Gasteiger partial charge in [0.2, 0.25) is 0 Å². The van der Waals surface area contributed by atoms with E-state index in [-0.39, 0.29) is 5.91 Å². The predicted molar refractivity (Wildman–Crippen MR) is 109 cm³/mol. The van der Waals surface area contributed by atoms with E-state index in [4.69, 9.17) is 4.74 Å². The van der Waals surface area contributed by atoms with Crippen molar-refractivity contribution < 1.29 is 9.53 Å². The number of carbonyl (C=O) groups excluding carboxylic acids is 1. The van der Waals surface area contributed by atoms with E-state index in [0.29, 0.717) is 31.9 Å². The van der Waals surface area contributed by atoms with E-state index in [1.165, 1.54) is 0 Å². The first-order valence-electron chi connectivity index (χ1n) is 9.69. The molecule has 1 fully saturated rings. The Labute approximate surface area is 169 Å². The first kappa shape index (κ1) is 18.9. The van der Waals surface area contributed by atoms with Gasteiger partial charge in [-0.3, -0.25) is 9.36 Å². The highest BCUT2D eigenvalue weighted by Crippen LogP contribution is 2.18. The molecule has 1 aliphatic heterocycles. The van der Waals surface area contributed by atoms with Gasteiger partial charge in [0, 0.05) is 44.6 Å². The Balaban J connectivity index is 1.37. The zero-order valence-corrected chi connectivity index (χ0v) is 16.6. The van der Waals surface area contributed by atoms with Crippen LogP contribution in [0.2, 0.25) is 0 Å². The van der Waals surface area contributed by atoms with Crippen LogP contribution < -0.4 is 9.64 Å². The molecule has 1 aliphatic rings. The quantitative estimate of drug-likeness (QED) is 0.662. The summed E-state index contributed by atoms with van der Waals surface area (Å²) in [6.07, 6.45) is 4.68. The van der Waals surface area contributed by atoms with E-state index in [1.807, 2.05) is 59.0 Å². The van der Waals surface area contributed by atoms with E-state index < -0.39 is 6.10 Å². The Kier molecular flexibility index (Phi) is 5.41. The molecule has 29 heavy (non-hydrogen) atoms. The van der Waals surface area contributed by atoms with Gasteiger partial charge in [0.05, 0.1) is 0 Å². The van der Waals surface area contributed by atoms with Crippen LogP contribution in [0.4, 0.5) is 5.82 Å². The number of amides is 1. The minimum atomic E-state index is -0.515. The number of aromatic nitrogens is 4. The zero-order valence-electron chi connectivity index (χ0n) is 16.6. The first-order chi connectivity index (χ1) is 14.1. The highest BCUT2D eigenvalue weighted by atomic mass is 16.5. The Morgan fingerprint density at radius 2 is 1.76 bits per heavy atom. The van der Waals surface area contributed by atoms with Crippen molar-refractivity contribution >= 4 is 11.7 Å². The van der Waals surface area contributed by atoms with Crippen molar-refractivity contribution in [3.05, 3.63) is 60.9 Å². The number of hydrogen-bond acceptors (Lipinski definition) is 6. The normalized spacial score (nSPS) is 15.2. The molecule has 150 valence electrons. The molecule has 4 rings (SSSR count). The molecule has 0 N–H and O–H groups in total. The van der Waals surface area contributed by atoms with Crippen LogP contribution in [0.25, 0.3) is 5.82 Å². The van der Waals surface area contributed by atoms with E-state index in [0.717, 1.165) is 17.5 Å². The monoisotopic (exact) mass is 392 g/mol. The third kappa shape index (κ3) is 4.21. The molecule has 1 atom stereocenters. The molecule has 0 bridgehead atoms. The molecular weight excluding hydrogens is 368 g/mol. The number of nitrogens with zero attached hydrogens (tertiary/aromatic N) is 6. The van der Waals surface area contributed by atoms with Crippen LogP contribution in [-0.2, 0) is 4.79 Å². The lowest BCUT2D eigenvalue weighted by Crippen LogP contribution is -2.52. The van der Waals surface area contributed by atoms with Crippen molar-refractivity contribution in [2.75, 3.05) is 31.1 Å². The van der Waals surface area contributed by atoms with Crippen molar-refractivity contribution in [2.45, 2.75) is 20.0 Å². The van der Waals surface area contributed by atoms with Crippen molar-refractivity contribution in [3.63, 3.8) is 0 Å². The van der Waals surface area contributed by atoms with Crippen molar-refractivity contribution in [3.8, 4) is 11.6 Å². The number of carbonyl (C=O) groups is 1. The number of aryl methyl sites for hydroxylation is 1. The highest BCUT2D eigenvalue weighted by Gasteiger charge is 2.26. The predicted octanol–water partition coefficient (Wildman–Crippen LogP) is 2.09. The molecule has 0 aliphatic carbocycles. The van der Waals surface area contributed by atoms with E-state index in [1.54, 1.807) is 19.4 Å². The number of anilines is 1. The molecule has 0 radical (unpaired) electrons. The Hall–Kier alpha value is -3.42. The van der Waals surface area contributed by atoms with Gasteiger partial charge in [-0.2, -0.15) is 0 Å². The van der Waals surface area contributed by atoms with Crippen LogP contribution in [0.3, 0.4) is 0 Å². The van der Waals surface area contributed by atoms with Gasteiger partial charge in [-0.1, -0.05) is 18.2 Å². The number of benzene rings is 1. The van der Waals surface area contributed by atoms with Gasteiger partial charge < -0.3 is 14.5 Å². The lowest BCUT2D eigenvalue weighted by atomic mass is 10.2. The fourth-order valence-corrected chi connectivity index (χ4v) is 3.43. The summed E-state index contributed by atoms with van der Waals surface area (Å²) < 4.78 is 7.70. The second-order valence-electron chi connectivity index (χ2n) is 6.96. The van der Waals surface area contributed by atoms with E-state index in [2.05, 4.69) is 19.9 Å². The third-order valence-electron chi connectivity index (χ3n) is 5.03. The molecule has 3 aromatic rings. The second kappa shape index (κ2) is 8.30. The van der Waals surface area contributed by atoms with Crippen LogP contribution >= 0.6 is 0 Å².